The maximum Gasteiger partial charge on any atom is 0.303 e. The van der Waals surface area contributed by atoms with Crippen LogP contribution in [0.4, 0.5) is 5.69 Å². The fourth-order valence-electron chi connectivity index (χ4n) is 3.65. The lowest BCUT2D eigenvalue weighted by Crippen LogP contribution is -2.16. The Morgan fingerprint density at radius 2 is 1.54 bits per heavy atom. The lowest BCUT2D eigenvalue weighted by atomic mass is 10.1. The quantitative estimate of drug-likeness (QED) is 0.353. The zero-order valence-electron chi connectivity index (χ0n) is 14.9. The molecule has 1 aliphatic rings. The van der Waals surface area contributed by atoms with E-state index in [0.717, 1.165) is 26.5 Å². The molecule has 0 amide bonds. The van der Waals surface area contributed by atoms with Gasteiger partial charge in [0.15, 0.2) is 0 Å². The van der Waals surface area contributed by atoms with Gasteiger partial charge in [0.1, 0.15) is 11.5 Å². The van der Waals surface area contributed by atoms with Crippen molar-refractivity contribution in [2.45, 2.75) is 5.78 Å². The zero-order chi connectivity index (χ0) is 19.1. The molecule has 138 valence electrons. The molecule has 28 heavy (non-hydrogen) atoms. The maximum absolute atomic E-state index is 14.2. The van der Waals surface area contributed by atoms with Crippen LogP contribution in [0.15, 0.2) is 95.5 Å². The van der Waals surface area contributed by atoms with Crippen molar-refractivity contribution in [2.75, 3.05) is 5.32 Å². The number of fused-ring (bicyclic) bond motifs is 3. The van der Waals surface area contributed by atoms with Crippen LogP contribution < -0.4 is 15.1 Å². The van der Waals surface area contributed by atoms with Gasteiger partial charge in [0.25, 0.3) is 0 Å². The third kappa shape index (κ3) is 2.85. The predicted octanol–water partition coefficient (Wildman–Crippen LogP) is 6.71. The van der Waals surface area contributed by atoms with E-state index in [0.29, 0.717) is 11.1 Å². The van der Waals surface area contributed by atoms with Crippen molar-refractivity contribution in [3.8, 4) is 5.75 Å². The summed E-state index contributed by atoms with van der Waals surface area (Å²) in [5, 5.41) is 6.24. The lowest BCUT2D eigenvalue weighted by molar-refractivity contribution is 0.503. The molecule has 0 aromatic heterocycles. The van der Waals surface area contributed by atoms with E-state index in [1.54, 1.807) is 0 Å². The summed E-state index contributed by atoms with van der Waals surface area (Å²) < 4.78 is 21.5. The van der Waals surface area contributed by atoms with E-state index in [9.17, 15) is 4.57 Å². The third-order valence-corrected chi connectivity index (χ3v) is 8.12. The first-order valence-corrected chi connectivity index (χ1v) is 11.5. The topological polar surface area (TPSA) is 38.3 Å². The van der Waals surface area contributed by atoms with Crippen molar-refractivity contribution in [2.24, 2.45) is 0 Å². The molecule has 5 rings (SSSR count). The van der Waals surface area contributed by atoms with Gasteiger partial charge in [-0.05, 0) is 41.8 Å². The van der Waals surface area contributed by atoms with Crippen LogP contribution >= 0.6 is 23.3 Å². The molecule has 4 aromatic carbocycles. The SMILES string of the molecule is O=[P@@]1(c2ccccc2)Oc2c(ccc3ccccc23)[C@H]1Nc1ccc(Br)cc1. The molecule has 1 aliphatic heterocycles. The first-order chi connectivity index (χ1) is 13.6. The molecule has 0 radical (unpaired) electrons. The smallest absolute Gasteiger partial charge is 0.303 e. The fourth-order valence-corrected chi connectivity index (χ4v) is 6.38. The Bertz CT molecular complexity index is 1210. The maximum atomic E-state index is 14.2. The van der Waals surface area contributed by atoms with Gasteiger partial charge in [-0.25, -0.2) is 0 Å². The normalized spacial score (nSPS) is 20.5. The van der Waals surface area contributed by atoms with Crippen LogP contribution in [0.25, 0.3) is 10.8 Å². The number of benzene rings is 4. The Balaban J connectivity index is 1.69. The molecule has 0 aliphatic carbocycles. The molecule has 3 nitrogen and oxygen atoms in total. The third-order valence-electron chi connectivity index (χ3n) is 5.04. The van der Waals surface area contributed by atoms with E-state index < -0.39 is 13.2 Å². The summed E-state index contributed by atoms with van der Waals surface area (Å²) in [5.41, 5.74) is 1.82. The van der Waals surface area contributed by atoms with Gasteiger partial charge in [-0.2, -0.15) is 0 Å². The van der Waals surface area contributed by atoms with Gasteiger partial charge in [-0.3, -0.25) is 4.57 Å². The summed E-state index contributed by atoms with van der Waals surface area (Å²) in [7, 11) is -3.22. The van der Waals surface area contributed by atoms with E-state index in [1.807, 2.05) is 84.9 Å². The Labute approximate surface area is 171 Å². The minimum absolute atomic E-state index is 0.448. The molecular weight excluding hydrogens is 433 g/mol. The average Bonchev–Trinajstić information content (AvgIpc) is 3.03. The van der Waals surface area contributed by atoms with E-state index in [4.69, 9.17) is 4.52 Å². The van der Waals surface area contributed by atoms with Crippen LogP contribution in [0.1, 0.15) is 11.3 Å². The molecule has 1 N–H and O–H groups in total. The van der Waals surface area contributed by atoms with Crippen LogP contribution in [0.2, 0.25) is 0 Å². The Morgan fingerprint density at radius 3 is 2.32 bits per heavy atom. The fraction of sp³-hybridized carbons (Fsp3) is 0.0435. The Hall–Kier alpha value is -2.55. The minimum atomic E-state index is -3.22. The summed E-state index contributed by atoms with van der Waals surface area (Å²) in [4.78, 5) is 0. The van der Waals surface area contributed by atoms with Crippen LogP contribution in [0.5, 0.6) is 5.75 Å². The van der Waals surface area contributed by atoms with Crippen molar-refractivity contribution in [1.82, 2.24) is 0 Å². The second kappa shape index (κ2) is 6.80. The van der Waals surface area contributed by atoms with E-state index in [2.05, 4.69) is 27.3 Å². The van der Waals surface area contributed by atoms with Crippen molar-refractivity contribution >= 4 is 45.1 Å². The van der Waals surface area contributed by atoms with Gasteiger partial charge >= 0.3 is 7.37 Å². The Morgan fingerprint density at radius 1 is 0.821 bits per heavy atom. The molecule has 4 aromatic rings. The first kappa shape index (κ1) is 17.5. The standard InChI is InChI=1S/C23H17BrNO2P/c24-17-11-13-18(14-12-17)25-23-21-15-10-16-6-4-5-9-20(16)22(21)27-28(23,26)19-7-2-1-3-8-19/h1-15,23,25H/t23-,28-/m0/s1. The van der Waals surface area contributed by atoms with Gasteiger partial charge in [0.05, 0.1) is 5.30 Å². The molecule has 0 saturated heterocycles. The second-order valence-electron chi connectivity index (χ2n) is 6.78. The first-order valence-electron chi connectivity index (χ1n) is 9.04. The second-order valence-corrected chi connectivity index (χ2v) is 10.1. The van der Waals surface area contributed by atoms with Gasteiger partial charge in [-0.15, -0.1) is 0 Å². The van der Waals surface area contributed by atoms with Crippen LogP contribution in [-0.2, 0) is 4.57 Å². The highest BCUT2D eigenvalue weighted by atomic mass is 79.9. The lowest BCUT2D eigenvalue weighted by Gasteiger charge is -2.22. The summed E-state index contributed by atoms with van der Waals surface area (Å²) >= 11 is 3.46. The van der Waals surface area contributed by atoms with Gasteiger partial charge in [0.2, 0.25) is 0 Å². The number of nitrogens with one attached hydrogen (secondary N) is 1. The molecule has 0 unspecified atom stereocenters. The highest BCUT2D eigenvalue weighted by Crippen LogP contribution is 2.66. The van der Waals surface area contributed by atoms with Crippen molar-refractivity contribution in [3.05, 3.63) is 101 Å². The largest absolute Gasteiger partial charge is 0.437 e. The molecule has 2 atom stereocenters. The summed E-state index contributed by atoms with van der Waals surface area (Å²) in [6.07, 6.45) is 0. The number of anilines is 1. The van der Waals surface area contributed by atoms with Crippen LogP contribution in [0.3, 0.4) is 0 Å². The van der Waals surface area contributed by atoms with Crippen molar-refractivity contribution in [3.63, 3.8) is 0 Å². The summed E-state index contributed by atoms with van der Waals surface area (Å²) in [6, 6.07) is 29.5. The van der Waals surface area contributed by atoms with Crippen molar-refractivity contribution in [1.29, 1.82) is 0 Å². The molecule has 5 heteroatoms. The van der Waals surface area contributed by atoms with Gasteiger partial charge in [-0.1, -0.05) is 70.5 Å². The highest BCUT2D eigenvalue weighted by Gasteiger charge is 2.46. The van der Waals surface area contributed by atoms with Gasteiger partial charge < -0.3 is 9.84 Å². The zero-order valence-corrected chi connectivity index (χ0v) is 17.4. The molecule has 0 bridgehead atoms. The van der Waals surface area contributed by atoms with E-state index >= 15 is 0 Å². The molecule has 0 saturated carbocycles. The summed E-state index contributed by atoms with van der Waals surface area (Å²) in [5.74, 6) is 0.260. The molecular formula is C23H17BrNO2P. The van der Waals surface area contributed by atoms with Crippen molar-refractivity contribution < 1.29 is 9.09 Å². The number of halogens is 1. The monoisotopic (exact) mass is 449 g/mol. The number of hydrogen-bond acceptors (Lipinski definition) is 3. The molecule has 0 fully saturated rings. The van der Waals surface area contributed by atoms with E-state index in [-0.39, 0.29) is 0 Å². The van der Waals surface area contributed by atoms with Crippen LogP contribution in [-0.4, -0.2) is 0 Å². The summed E-state index contributed by atoms with van der Waals surface area (Å²) in [6.45, 7) is 0. The Kier molecular flexibility index (Phi) is 4.26. The minimum Gasteiger partial charge on any atom is -0.437 e. The average molecular weight is 450 g/mol. The molecule has 1 heterocycles. The van der Waals surface area contributed by atoms with Gasteiger partial charge in [0, 0.05) is 21.1 Å². The number of hydrogen-bond donors (Lipinski definition) is 1. The highest BCUT2D eigenvalue weighted by molar-refractivity contribution is 9.10. The van der Waals surface area contributed by atoms with E-state index in [1.165, 1.54) is 0 Å². The number of rotatable bonds is 3. The predicted molar refractivity (Wildman–Crippen MR) is 119 cm³/mol. The van der Waals surface area contributed by atoms with Crippen LogP contribution in [0, 0.1) is 0 Å². The molecule has 0 spiro atoms.